The highest BCUT2D eigenvalue weighted by atomic mass is 19.2. The van der Waals surface area contributed by atoms with Crippen LogP contribution in [0.3, 0.4) is 0 Å². The van der Waals surface area contributed by atoms with Crippen LogP contribution in [0.5, 0.6) is 0 Å². The average Bonchev–Trinajstić information content (AvgIpc) is 3.11. The molecule has 0 aromatic heterocycles. The number of esters is 2. The second-order valence-electron chi connectivity index (χ2n) is 10.3. The Kier molecular flexibility index (Phi) is 13.6. The summed E-state index contributed by atoms with van der Waals surface area (Å²) < 4.78 is 71.8. The number of amides is 2. The number of nitrogens with one attached hydrogen (secondary N) is 1. The zero-order chi connectivity index (χ0) is 32.4. The maximum absolute atomic E-state index is 14.3. The first-order valence-electron chi connectivity index (χ1n) is 13.9. The summed E-state index contributed by atoms with van der Waals surface area (Å²) in [4.78, 5) is 51.3. The molecule has 1 aliphatic rings. The Bertz CT molecular complexity index is 1170. The van der Waals surface area contributed by atoms with Crippen molar-refractivity contribution in [1.29, 1.82) is 0 Å². The molecule has 1 aromatic rings. The zero-order valence-corrected chi connectivity index (χ0v) is 24.7. The summed E-state index contributed by atoms with van der Waals surface area (Å²) in [5.74, 6) is -9.88. The molecule has 1 aromatic carbocycles. The fourth-order valence-corrected chi connectivity index (χ4v) is 4.54. The molecule has 14 heteroatoms. The van der Waals surface area contributed by atoms with Crippen molar-refractivity contribution in [2.75, 3.05) is 13.7 Å². The number of carbonyl (C=O) groups is 4. The van der Waals surface area contributed by atoms with E-state index in [0.717, 1.165) is 32.3 Å². The number of hydrogen-bond donors (Lipinski definition) is 2. The quantitative estimate of drug-likeness (QED) is 0.149. The Hall–Kier alpha value is -3.52. The van der Waals surface area contributed by atoms with Gasteiger partial charge in [0.1, 0.15) is 12.1 Å². The summed E-state index contributed by atoms with van der Waals surface area (Å²) in [5, 5.41) is 13.6. The maximum Gasteiger partial charge on any atom is 0.303 e. The van der Waals surface area contributed by atoms with Crippen molar-refractivity contribution < 1.29 is 56.1 Å². The van der Waals surface area contributed by atoms with Gasteiger partial charge in [0.05, 0.1) is 6.54 Å². The first-order valence-corrected chi connectivity index (χ1v) is 13.9. The van der Waals surface area contributed by atoms with Gasteiger partial charge in [-0.25, -0.2) is 17.6 Å². The normalized spacial score (nSPS) is 19.3. The number of allylic oxidation sites excluding steroid dienone is 1. The average molecular weight is 619 g/mol. The number of halogens is 4. The van der Waals surface area contributed by atoms with Crippen LogP contribution in [0.25, 0.3) is 0 Å². The van der Waals surface area contributed by atoms with Crippen molar-refractivity contribution in [2.24, 2.45) is 5.92 Å². The summed E-state index contributed by atoms with van der Waals surface area (Å²) in [6.07, 6.45) is -1.84. The van der Waals surface area contributed by atoms with Crippen LogP contribution in [0.1, 0.15) is 58.9 Å². The predicted octanol–water partition coefficient (Wildman–Crippen LogP) is 3.08. The van der Waals surface area contributed by atoms with Crippen LogP contribution in [-0.2, 0) is 39.9 Å². The molecule has 10 nitrogen and oxygen atoms in total. The largest absolute Gasteiger partial charge is 0.455 e. The van der Waals surface area contributed by atoms with Crippen molar-refractivity contribution in [2.45, 2.75) is 90.4 Å². The highest BCUT2D eigenvalue weighted by Gasteiger charge is 2.42. The van der Waals surface area contributed by atoms with Crippen molar-refractivity contribution in [3.05, 3.63) is 47.1 Å². The van der Waals surface area contributed by atoms with Crippen LogP contribution in [0.2, 0.25) is 0 Å². The number of aliphatic hydroxyl groups is 1. The van der Waals surface area contributed by atoms with E-state index < -0.39 is 89.6 Å². The minimum absolute atomic E-state index is 0.0142. The molecule has 43 heavy (non-hydrogen) atoms. The third-order valence-corrected chi connectivity index (χ3v) is 7.01. The van der Waals surface area contributed by atoms with Gasteiger partial charge in [-0.05, 0) is 31.3 Å². The molecule has 6 atom stereocenters. The summed E-state index contributed by atoms with van der Waals surface area (Å²) >= 11 is 0. The number of aliphatic hydroxyl groups excluding tert-OH is 1. The van der Waals surface area contributed by atoms with Crippen LogP contribution in [0.15, 0.2) is 18.2 Å². The third-order valence-electron chi connectivity index (χ3n) is 7.01. The molecule has 1 fully saturated rings. The van der Waals surface area contributed by atoms with Gasteiger partial charge in [-0.2, -0.15) is 0 Å². The topological polar surface area (TPSA) is 131 Å². The van der Waals surface area contributed by atoms with E-state index in [1.807, 2.05) is 13.8 Å². The maximum atomic E-state index is 14.3. The summed E-state index contributed by atoms with van der Waals surface area (Å²) in [6.45, 7) is 5.15. The summed E-state index contributed by atoms with van der Waals surface area (Å²) in [7, 11) is 1.08. The molecule has 2 amide bonds. The SMILES string of the molecule is CCC(C)/C=C/[C@@H](OC(C)=O)[C@H](OC(C)=O)[C@@H](O)[C@@H](OC)C(=O)N[C@H]1CCCCN(Cc2c(F)c(F)cc(F)c2F)C1=O. The Labute approximate surface area is 247 Å². The molecule has 1 unspecified atom stereocenters. The van der Waals surface area contributed by atoms with Crippen molar-refractivity contribution in [1.82, 2.24) is 10.2 Å². The van der Waals surface area contributed by atoms with Crippen molar-refractivity contribution >= 4 is 23.8 Å². The lowest BCUT2D eigenvalue weighted by Crippen LogP contribution is -2.56. The highest BCUT2D eigenvalue weighted by molar-refractivity contribution is 5.90. The van der Waals surface area contributed by atoms with Gasteiger partial charge < -0.3 is 29.5 Å². The molecule has 2 rings (SSSR count). The highest BCUT2D eigenvalue weighted by Crippen LogP contribution is 2.24. The van der Waals surface area contributed by atoms with Gasteiger partial charge in [-0.15, -0.1) is 0 Å². The molecule has 0 spiro atoms. The standard InChI is InChI=1S/C29H38F4N2O8/c1-6-15(2)10-11-22(42-16(3)36)26(43-17(4)37)25(38)27(41-5)28(39)34-21-9-7-8-12-35(29(21)40)14-18-23(32)19(30)13-20(31)24(18)33/h10-11,13,15,21-22,25-27,38H,6-9,12,14H2,1-5H3,(H,34,39)/b11-10+/t15?,21-,22+,25+,26-,27+/m0/s1. The van der Waals surface area contributed by atoms with Crippen LogP contribution < -0.4 is 5.32 Å². The molecular weight excluding hydrogens is 580 g/mol. The lowest BCUT2D eigenvalue weighted by atomic mass is 9.99. The minimum atomic E-state index is -1.89. The molecule has 0 saturated carbocycles. The van der Waals surface area contributed by atoms with E-state index in [2.05, 4.69) is 5.32 Å². The van der Waals surface area contributed by atoms with E-state index in [9.17, 15) is 41.8 Å². The van der Waals surface area contributed by atoms with Crippen LogP contribution >= 0.6 is 0 Å². The first-order chi connectivity index (χ1) is 20.2. The van der Waals surface area contributed by atoms with Crippen LogP contribution in [-0.4, -0.2) is 77.9 Å². The number of ether oxygens (including phenoxy) is 3. The van der Waals surface area contributed by atoms with Crippen molar-refractivity contribution in [3.8, 4) is 0 Å². The van der Waals surface area contributed by atoms with E-state index >= 15 is 0 Å². The van der Waals surface area contributed by atoms with Gasteiger partial charge in [0.25, 0.3) is 5.91 Å². The molecular formula is C29H38F4N2O8. The summed E-state index contributed by atoms with van der Waals surface area (Å²) in [6, 6.07) is -1.20. The molecule has 1 heterocycles. The Morgan fingerprint density at radius 2 is 1.67 bits per heavy atom. The molecule has 0 aliphatic carbocycles. The van der Waals surface area contributed by atoms with Gasteiger partial charge in [-0.1, -0.05) is 26.3 Å². The zero-order valence-electron chi connectivity index (χ0n) is 24.7. The minimum Gasteiger partial charge on any atom is -0.455 e. The monoisotopic (exact) mass is 618 g/mol. The predicted molar refractivity (Wildman–Crippen MR) is 144 cm³/mol. The molecule has 2 N–H and O–H groups in total. The van der Waals surface area contributed by atoms with Gasteiger partial charge in [0, 0.05) is 39.1 Å². The molecule has 0 bridgehead atoms. The fourth-order valence-electron chi connectivity index (χ4n) is 4.54. The van der Waals surface area contributed by atoms with Crippen molar-refractivity contribution in [3.63, 3.8) is 0 Å². The fraction of sp³-hybridized carbons (Fsp3) is 0.586. The molecule has 1 aliphatic heterocycles. The smallest absolute Gasteiger partial charge is 0.303 e. The van der Waals surface area contributed by atoms with E-state index in [4.69, 9.17) is 14.2 Å². The number of nitrogens with zero attached hydrogens (tertiary/aromatic N) is 1. The Balaban J connectivity index is 2.31. The van der Waals surface area contributed by atoms with E-state index in [1.54, 1.807) is 6.08 Å². The third kappa shape index (κ3) is 9.75. The molecule has 240 valence electrons. The van der Waals surface area contributed by atoms with E-state index in [0.29, 0.717) is 12.8 Å². The second-order valence-corrected chi connectivity index (χ2v) is 10.3. The second kappa shape index (κ2) is 16.4. The van der Waals surface area contributed by atoms with Gasteiger partial charge in [0.2, 0.25) is 5.91 Å². The van der Waals surface area contributed by atoms with E-state index in [1.165, 1.54) is 6.08 Å². The number of benzene rings is 1. The lowest BCUT2D eigenvalue weighted by Gasteiger charge is -2.32. The molecule has 1 saturated heterocycles. The Morgan fingerprint density at radius 3 is 2.21 bits per heavy atom. The van der Waals surface area contributed by atoms with Gasteiger partial charge in [-0.3, -0.25) is 19.2 Å². The number of hydrogen-bond acceptors (Lipinski definition) is 8. The van der Waals surface area contributed by atoms with E-state index in [-0.39, 0.29) is 24.9 Å². The van der Waals surface area contributed by atoms with Gasteiger partial charge >= 0.3 is 11.9 Å². The number of methoxy groups -OCH3 is 1. The Morgan fingerprint density at radius 1 is 1.07 bits per heavy atom. The number of rotatable bonds is 13. The van der Waals surface area contributed by atoms with Crippen LogP contribution in [0.4, 0.5) is 17.6 Å². The van der Waals surface area contributed by atoms with Gasteiger partial charge in [0.15, 0.2) is 41.6 Å². The number of carbonyl (C=O) groups excluding carboxylic acids is 4. The number of likely N-dealkylation sites (tertiary alicyclic amines) is 1. The summed E-state index contributed by atoms with van der Waals surface area (Å²) in [5.41, 5.74) is -0.978. The van der Waals surface area contributed by atoms with Crippen LogP contribution in [0, 0.1) is 29.2 Å². The first kappa shape index (κ1) is 35.7. The molecule has 0 radical (unpaired) electrons. The lowest BCUT2D eigenvalue weighted by molar-refractivity contribution is -0.180.